The molecule has 0 bridgehead atoms. The first kappa shape index (κ1) is 16.2. The molecule has 0 unspecified atom stereocenters. The first-order valence-electron chi connectivity index (χ1n) is 7.61. The smallest absolute Gasteiger partial charge is 0.244 e. The number of aryl methyl sites for hydroxylation is 1. The van der Waals surface area contributed by atoms with Gasteiger partial charge in [0, 0.05) is 11.6 Å². The van der Waals surface area contributed by atoms with Crippen molar-refractivity contribution in [2.24, 2.45) is 0 Å². The minimum Gasteiger partial charge on any atom is -0.496 e. The molecule has 1 aromatic heterocycles. The van der Waals surface area contributed by atoms with Crippen LogP contribution in [0.25, 0.3) is 16.3 Å². The van der Waals surface area contributed by atoms with Gasteiger partial charge < -0.3 is 10.1 Å². The first-order chi connectivity index (χ1) is 11.7. The summed E-state index contributed by atoms with van der Waals surface area (Å²) in [6.45, 7) is 2.43. The summed E-state index contributed by atoms with van der Waals surface area (Å²) in [5.74, 6) is 0.591. The monoisotopic (exact) mass is 338 g/mol. The van der Waals surface area contributed by atoms with E-state index < -0.39 is 0 Å². The second-order valence-corrected chi connectivity index (χ2v) is 6.49. The van der Waals surface area contributed by atoms with Crippen molar-refractivity contribution in [1.82, 2.24) is 10.3 Å². The molecule has 0 aliphatic carbocycles. The number of nitrogens with zero attached hydrogens (tertiary/aromatic N) is 1. The highest BCUT2D eigenvalue weighted by Crippen LogP contribution is 2.22. The van der Waals surface area contributed by atoms with Gasteiger partial charge in [0.25, 0.3) is 0 Å². The van der Waals surface area contributed by atoms with Gasteiger partial charge in [0.1, 0.15) is 10.8 Å². The molecule has 0 fully saturated rings. The fourth-order valence-corrected chi connectivity index (χ4v) is 3.27. The number of carbonyl (C=O) groups excluding carboxylic acids is 1. The standard InChI is InChI=1S/C19H18N2O2S/c1-13-7-9-16(23-2)14(11-13)8-10-18(22)20-12-19-21-15-5-3-4-6-17(15)24-19/h3-11H,12H2,1-2H3,(H,20,22)/b10-8+. The van der Waals surface area contributed by atoms with Crippen molar-refractivity contribution in [1.29, 1.82) is 0 Å². The summed E-state index contributed by atoms with van der Waals surface area (Å²) >= 11 is 1.59. The fraction of sp³-hybridized carbons (Fsp3) is 0.158. The van der Waals surface area contributed by atoms with E-state index in [-0.39, 0.29) is 5.91 Å². The van der Waals surface area contributed by atoms with Crippen LogP contribution in [0.5, 0.6) is 5.75 Å². The normalized spacial score (nSPS) is 11.1. The third-order valence-corrected chi connectivity index (χ3v) is 4.59. The Bertz CT molecular complexity index is 866. The van der Waals surface area contributed by atoms with E-state index in [0.29, 0.717) is 6.54 Å². The Kier molecular flexibility index (Phi) is 4.91. The number of aromatic nitrogens is 1. The predicted octanol–water partition coefficient (Wildman–Crippen LogP) is 3.94. The Hall–Kier alpha value is -2.66. The molecule has 0 saturated heterocycles. The number of nitrogens with one attached hydrogen (secondary N) is 1. The Morgan fingerprint density at radius 1 is 1.29 bits per heavy atom. The van der Waals surface area contributed by atoms with Gasteiger partial charge in [-0.15, -0.1) is 11.3 Å². The molecule has 3 aromatic rings. The minimum absolute atomic E-state index is 0.155. The minimum atomic E-state index is -0.155. The van der Waals surface area contributed by atoms with E-state index >= 15 is 0 Å². The van der Waals surface area contributed by atoms with Crippen molar-refractivity contribution in [3.63, 3.8) is 0 Å². The number of amides is 1. The zero-order chi connectivity index (χ0) is 16.9. The molecular formula is C19H18N2O2S. The van der Waals surface area contributed by atoms with Crippen LogP contribution in [0.4, 0.5) is 0 Å². The van der Waals surface area contributed by atoms with Gasteiger partial charge in [0.05, 0.1) is 23.9 Å². The Morgan fingerprint density at radius 2 is 2.12 bits per heavy atom. The molecule has 24 heavy (non-hydrogen) atoms. The van der Waals surface area contributed by atoms with E-state index in [4.69, 9.17) is 4.74 Å². The molecule has 3 rings (SSSR count). The van der Waals surface area contributed by atoms with Crippen molar-refractivity contribution < 1.29 is 9.53 Å². The molecule has 4 nitrogen and oxygen atoms in total. The highest BCUT2D eigenvalue weighted by Gasteiger charge is 2.05. The Labute approximate surface area is 144 Å². The summed E-state index contributed by atoms with van der Waals surface area (Å²) in [5, 5.41) is 3.76. The van der Waals surface area contributed by atoms with E-state index in [2.05, 4.69) is 10.3 Å². The molecule has 0 saturated carbocycles. The van der Waals surface area contributed by atoms with Crippen LogP contribution in [0.3, 0.4) is 0 Å². The molecule has 2 aromatic carbocycles. The topological polar surface area (TPSA) is 51.2 Å². The summed E-state index contributed by atoms with van der Waals surface area (Å²) in [5.41, 5.74) is 2.96. The van der Waals surface area contributed by atoms with Crippen LogP contribution in [0.1, 0.15) is 16.1 Å². The quantitative estimate of drug-likeness (QED) is 0.717. The van der Waals surface area contributed by atoms with Gasteiger partial charge >= 0.3 is 0 Å². The average Bonchev–Trinajstić information content (AvgIpc) is 3.01. The second-order valence-electron chi connectivity index (χ2n) is 5.37. The molecule has 0 radical (unpaired) electrons. The predicted molar refractivity (Wildman–Crippen MR) is 98.2 cm³/mol. The molecule has 0 aliphatic heterocycles. The van der Waals surface area contributed by atoms with Crippen LogP contribution < -0.4 is 10.1 Å². The van der Waals surface area contributed by atoms with E-state index in [1.807, 2.05) is 49.4 Å². The molecule has 1 N–H and O–H groups in total. The van der Waals surface area contributed by atoms with Crippen LogP contribution in [0.15, 0.2) is 48.5 Å². The number of fused-ring (bicyclic) bond motifs is 1. The van der Waals surface area contributed by atoms with Crippen LogP contribution in [-0.2, 0) is 11.3 Å². The van der Waals surface area contributed by atoms with E-state index in [9.17, 15) is 4.79 Å². The number of hydrogen-bond donors (Lipinski definition) is 1. The molecule has 0 aliphatic rings. The lowest BCUT2D eigenvalue weighted by Gasteiger charge is -2.05. The van der Waals surface area contributed by atoms with Crippen LogP contribution in [-0.4, -0.2) is 18.0 Å². The largest absolute Gasteiger partial charge is 0.496 e. The first-order valence-corrected chi connectivity index (χ1v) is 8.42. The van der Waals surface area contributed by atoms with Gasteiger partial charge in [0.2, 0.25) is 5.91 Å². The number of ether oxygens (including phenoxy) is 1. The Balaban J connectivity index is 1.64. The third-order valence-electron chi connectivity index (χ3n) is 3.55. The summed E-state index contributed by atoms with van der Waals surface area (Å²) < 4.78 is 6.43. The molecule has 1 amide bonds. The number of carbonyl (C=O) groups is 1. The molecule has 1 heterocycles. The lowest BCUT2D eigenvalue weighted by atomic mass is 10.1. The summed E-state index contributed by atoms with van der Waals surface area (Å²) in [7, 11) is 1.62. The number of rotatable bonds is 5. The van der Waals surface area contributed by atoms with Crippen LogP contribution in [0.2, 0.25) is 0 Å². The number of benzene rings is 2. The van der Waals surface area contributed by atoms with E-state index in [1.165, 1.54) is 6.08 Å². The van der Waals surface area contributed by atoms with Crippen LogP contribution >= 0.6 is 11.3 Å². The van der Waals surface area contributed by atoms with Crippen molar-refractivity contribution in [2.45, 2.75) is 13.5 Å². The number of hydrogen-bond acceptors (Lipinski definition) is 4. The zero-order valence-electron chi connectivity index (χ0n) is 13.6. The highest BCUT2D eigenvalue weighted by atomic mass is 32.1. The van der Waals surface area contributed by atoms with Crippen molar-refractivity contribution in [3.8, 4) is 5.75 Å². The third kappa shape index (κ3) is 3.81. The van der Waals surface area contributed by atoms with Gasteiger partial charge in [-0.2, -0.15) is 0 Å². The fourth-order valence-electron chi connectivity index (χ4n) is 2.37. The van der Waals surface area contributed by atoms with Gasteiger partial charge in [-0.25, -0.2) is 4.98 Å². The molecule has 0 spiro atoms. The molecule has 5 heteroatoms. The van der Waals surface area contributed by atoms with E-state index in [1.54, 1.807) is 24.5 Å². The van der Waals surface area contributed by atoms with Gasteiger partial charge in [-0.1, -0.05) is 23.8 Å². The molecule has 0 atom stereocenters. The molecule has 122 valence electrons. The van der Waals surface area contributed by atoms with E-state index in [0.717, 1.165) is 32.1 Å². The Morgan fingerprint density at radius 3 is 2.92 bits per heavy atom. The zero-order valence-corrected chi connectivity index (χ0v) is 14.4. The maximum atomic E-state index is 12.0. The van der Waals surface area contributed by atoms with Gasteiger partial charge in [0.15, 0.2) is 0 Å². The summed E-state index contributed by atoms with van der Waals surface area (Å²) in [6, 6.07) is 13.8. The SMILES string of the molecule is COc1ccc(C)cc1/C=C/C(=O)NCc1nc2ccccc2s1. The summed E-state index contributed by atoms with van der Waals surface area (Å²) in [4.78, 5) is 16.5. The van der Waals surface area contributed by atoms with Crippen molar-refractivity contribution >= 4 is 33.5 Å². The van der Waals surface area contributed by atoms with Crippen molar-refractivity contribution in [3.05, 3.63) is 64.7 Å². The molecular weight excluding hydrogens is 320 g/mol. The lowest BCUT2D eigenvalue weighted by Crippen LogP contribution is -2.20. The number of methoxy groups -OCH3 is 1. The van der Waals surface area contributed by atoms with Crippen molar-refractivity contribution in [2.75, 3.05) is 7.11 Å². The highest BCUT2D eigenvalue weighted by molar-refractivity contribution is 7.18. The number of para-hydroxylation sites is 1. The summed E-state index contributed by atoms with van der Waals surface area (Å²) in [6.07, 6.45) is 3.28. The maximum Gasteiger partial charge on any atom is 0.244 e. The van der Waals surface area contributed by atoms with Crippen LogP contribution in [0, 0.1) is 6.92 Å². The second kappa shape index (κ2) is 7.27. The average molecular weight is 338 g/mol. The van der Waals surface area contributed by atoms with Gasteiger partial charge in [-0.3, -0.25) is 4.79 Å². The lowest BCUT2D eigenvalue weighted by molar-refractivity contribution is -0.116. The maximum absolute atomic E-state index is 12.0. The number of thiazole rings is 1. The van der Waals surface area contributed by atoms with Gasteiger partial charge in [-0.05, 0) is 37.3 Å².